The molecule has 244 valence electrons. The second-order valence-corrected chi connectivity index (χ2v) is 12.2. The predicted molar refractivity (Wildman–Crippen MR) is 184 cm³/mol. The number of likely N-dealkylation sites (tertiary alicyclic amines) is 1. The summed E-state index contributed by atoms with van der Waals surface area (Å²) in [6, 6.07) is 14.8. The largest absolute Gasteiger partial charge is 0.508 e. The minimum atomic E-state index is -0.424. The summed E-state index contributed by atoms with van der Waals surface area (Å²) in [7, 11) is 1.69. The van der Waals surface area contributed by atoms with Gasteiger partial charge in [-0.25, -0.2) is 4.39 Å². The third-order valence-electron chi connectivity index (χ3n) is 8.53. The van der Waals surface area contributed by atoms with Crippen molar-refractivity contribution < 1.29 is 19.0 Å². The average Bonchev–Trinajstić information content (AvgIpc) is 3.24. The molecule has 3 heterocycles. The van der Waals surface area contributed by atoms with Gasteiger partial charge < -0.3 is 29.7 Å². The first-order valence-electron chi connectivity index (χ1n) is 16.3. The standard InChI is InChI=1S/C37H46FN5O3/c1-5-6-12-36(46-18-16-42-15-9-17-45-26(2)23-42)41-37(43-24-30-13-14-31(25-43)40-30)34(22-39-4)27(3)35(38)21-29-20-32(44)19-28-10-7-8-11-33(28)29/h7-8,10-12,19-22,26,30-31,40,44H,5-6,13-14,16-18,23-25H2,1-4H3/b34-27+,35-21-,36-12-,39-22?,41-37+. The van der Waals surface area contributed by atoms with E-state index in [9.17, 15) is 5.11 Å². The summed E-state index contributed by atoms with van der Waals surface area (Å²) in [5.74, 6) is 3.85. The number of halogens is 1. The van der Waals surface area contributed by atoms with Crippen molar-refractivity contribution in [3.63, 3.8) is 0 Å². The van der Waals surface area contributed by atoms with Crippen LogP contribution in [0.3, 0.4) is 0 Å². The SMILES string of the molecule is CCC/C=C(/N=C(\C(C=NC)=C(C)\C(F)=C\c1cc(O)cc2ccccc12)N1CC2CCC(C1)N2)OCCN1C#CCOC(C)C1. The van der Waals surface area contributed by atoms with Crippen LogP contribution in [0.25, 0.3) is 16.8 Å². The number of unbranched alkanes of at least 4 members (excludes halogenated alkanes) is 1. The smallest absolute Gasteiger partial charge is 0.211 e. The van der Waals surface area contributed by atoms with Crippen molar-refractivity contribution >= 4 is 28.9 Å². The monoisotopic (exact) mass is 627 g/mol. The highest BCUT2D eigenvalue weighted by Crippen LogP contribution is 2.30. The Morgan fingerprint density at radius 2 is 1.98 bits per heavy atom. The zero-order valence-corrected chi connectivity index (χ0v) is 27.4. The Balaban J connectivity index is 1.52. The fourth-order valence-electron chi connectivity index (χ4n) is 6.19. The number of phenols is 1. The van der Waals surface area contributed by atoms with Crippen molar-refractivity contribution in [2.75, 3.05) is 46.4 Å². The summed E-state index contributed by atoms with van der Waals surface area (Å²) >= 11 is 0. The number of ether oxygens (including phenoxy) is 2. The Kier molecular flexibility index (Phi) is 11.5. The molecule has 8 nitrogen and oxygen atoms in total. The number of hydrogen-bond acceptors (Lipinski definition) is 7. The maximum atomic E-state index is 16.3. The van der Waals surface area contributed by atoms with Crippen LogP contribution in [0.2, 0.25) is 0 Å². The summed E-state index contributed by atoms with van der Waals surface area (Å²) < 4.78 is 28.3. The Morgan fingerprint density at radius 3 is 2.74 bits per heavy atom. The molecule has 3 atom stereocenters. The number of nitrogens with zero attached hydrogens (tertiary/aromatic N) is 4. The maximum Gasteiger partial charge on any atom is 0.211 e. The lowest BCUT2D eigenvalue weighted by molar-refractivity contribution is 0.0724. The third-order valence-corrected chi connectivity index (χ3v) is 8.53. The molecule has 0 radical (unpaired) electrons. The van der Waals surface area contributed by atoms with Gasteiger partial charge in [0.15, 0.2) is 0 Å². The van der Waals surface area contributed by atoms with E-state index in [-0.39, 0.29) is 11.9 Å². The van der Waals surface area contributed by atoms with Crippen molar-refractivity contribution in [3.8, 4) is 17.7 Å². The molecule has 2 aromatic carbocycles. The molecule has 0 aromatic heterocycles. The van der Waals surface area contributed by atoms with E-state index in [1.165, 1.54) is 6.08 Å². The van der Waals surface area contributed by atoms with Crippen molar-refractivity contribution in [1.82, 2.24) is 15.1 Å². The predicted octanol–water partition coefficient (Wildman–Crippen LogP) is 6.05. The second-order valence-electron chi connectivity index (χ2n) is 12.2. The minimum Gasteiger partial charge on any atom is -0.508 e. The summed E-state index contributed by atoms with van der Waals surface area (Å²) in [5, 5.41) is 15.8. The van der Waals surface area contributed by atoms with Gasteiger partial charge in [-0.05, 0) is 79.3 Å². The number of allylic oxidation sites excluding steroid dienone is 3. The van der Waals surface area contributed by atoms with Gasteiger partial charge >= 0.3 is 0 Å². The molecular weight excluding hydrogens is 581 g/mol. The molecule has 3 unspecified atom stereocenters. The lowest BCUT2D eigenvalue weighted by Gasteiger charge is -2.36. The van der Waals surface area contributed by atoms with E-state index < -0.39 is 5.83 Å². The molecule has 9 heteroatoms. The molecule has 2 bridgehead atoms. The van der Waals surface area contributed by atoms with Crippen molar-refractivity contribution in [2.45, 2.75) is 64.6 Å². The molecule has 0 aliphatic carbocycles. The molecule has 46 heavy (non-hydrogen) atoms. The molecule has 2 saturated heterocycles. The lowest BCUT2D eigenvalue weighted by atomic mass is 10.0. The molecule has 2 fully saturated rings. The highest BCUT2D eigenvalue weighted by molar-refractivity contribution is 6.16. The van der Waals surface area contributed by atoms with Gasteiger partial charge in [0.2, 0.25) is 5.88 Å². The van der Waals surface area contributed by atoms with Gasteiger partial charge in [-0.15, -0.1) is 0 Å². The topological polar surface area (TPSA) is 81.9 Å². The molecule has 3 aliphatic heterocycles. The number of hydrogen-bond donors (Lipinski definition) is 2. The van der Waals surface area contributed by atoms with E-state index in [1.54, 1.807) is 32.3 Å². The van der Waals surface area contributed by atoms with Crippen LogP contribution in [0, 0.1) is 12.0 Å². The van der Waals surface area contributed by atoms with Crippen LogP contribution in [-0.4, -0.2) is 91.6 Å². The zero-order chi connectivity index (χ0) is 32.5. The average molecular weight is 628 g/mol. The van der Waals surface area contributed by atoms with E-state index >= 15 is 4.39 Å². The molecule has 0 spiro atoms. The number of piperazine rings is 1. The number of aliphatic imine (C=N–C) groups is 2. The molecule has 3 aliphatic rings. The molecule has 2 aromatic rings. The van der Waals surface area contributed by atoms with Gasteiger partial charge in [-0.1, -0.05) is 43.5 Å². The number of phenolic OH excluding ortho intramolecular Hbond substituents is 1. The zero-order valence-electron chi connectivity index (χ0n) is 27.4. The van der Waals surface area contributed by atoms with Gasteiger partial charge in [0.1, 0.15) is 30.6 Å². The fraction of sp³-hybridized carbons (Fsp3) is 0.459. The third kappa shape index (κ3) is 8.56. The van der Waals surface area contributed by atoms with Crippen LogP contribution in [0.1, 0.15) is 52.0 Å². The van der Waals surface area contributed by atoms with Gasteiger partial charge in [-0.3, -0.25) is 4.99 Å². The van der Waals surface area contributed by atoms with Gasteiger partial charge in [0.25, 0.3) is 0 Å². The highest BCUT2D eigenvalue weighted by atomic mass is 19.1. The van der Waals surface area contributed by atoms with E-state index in [4.69, 9.17) is 14.5 Å². The summed E-state index contributed by atoms with van der Waals surface area (Å²) in [6.45, 7) is 9.59. The number of fused-ring (bicyclic) bond motifs is 3. The Labute approximate surface area is 272 Å². The number of aromatic hydroxyl groups is 1. The van der Waals surface area contributed by atoms with Gasteiger partial charge in [0, 0.05) is 50.1 Å². The molecular formula is C37H46FN5O3. The highest BCUT2D eigenvalue weighted by Gasteiger charge is 2.35. The molecule has 0 saturated carbocycles. The second kappa shape index (κ2) is 15.9. The number of nitrogens with one attached hydrogen (secondary N) is 1. The molecule has 5 rings (SSSR count). The number of amidine groups is 1. The number of benzene rings is 2. The Bertz CT molecular complexity index is 1590. The first-order chi connectivity index (χ1) is 22.3. The van der Waals surface area contributed by atoms with Crippen LogP contribution in [-0.2, 0) is 9.47 Å². The van der Waals surface area contributed by atoms with Gasteiger partial charge in [-0.2, -0.15) is 4.99 Å². The summed E-state index contributed by atoms with van der Waals surface area (Å²) in [6.07, 6.45) is 9.20. The van der Waals surface area contributed by atoms with Gasteiger partial charge in [0.05, 0.1) is 19.2 Å². The maximum absolute atomic E-state index is 16.3. The lowest BCUT2D eigenvalue weighted by Crippen LogP contribution is -2.53. The van der Waals surface area contributed by atoms with Crippen LogP contribution in [0.5, 0.6) is 5.75 Å². The molecule has 0 amide bonds. The fourth-order valence-corrected chi connectivity index (χ4v) is 6.19. The van der Waals surface area contributed by atoms with Crippen LogP contribution < -0.4 is 5.32 Å². The van der Waals surface area contributed by atoms with E-state index in [1.807, 2.05) is 42.2 Å². The minimum absolute atomic E-state index is 0.0788. The first kappa shape index (κ1) is 33.2. The molecule has 2 N–H and O–H groups in total. The summed E-state index contributed by atoms with van der Waals surface area (Å²) in [5.41, 5.74) is 1.60. The van der Waals surface area contributed by atoms with Crippen LogP contribution >= 0.6 is 0 Å². The van der Waals surface area contributed by atoms with E-state index in [0.717, 1.165) is 49.5 Å². The van der Waals surface area contributed by atoms with Crippen molar-refractivity contribution in [2.24, 2.45) is 9.98 Å². The number of rotatable bonds is 11. The normalized spacial score (nSPS) is 23.0. The van der Waals surface area contributed by atoms with Crippen LogP contribution in [0.4, 0.5) is 4.39 Å². The van der Waals surface area contributed by atoms with E-state index in [2.05, 4.69) is 34.1 Å². The summed E-state index contributed by atoms with van der Waals surface area (Å²) in [4.78, 5) is 13.8. The van der Waals surface area contributed by atoms with Crippen molar-refractivity contribution in [1.29, 1.82) is 0 Å². The Hall–Kier alpha value is -4.13. The van der Waals surface area contributed by atoms with E-state index in [0.29, 0.717) is 66.8 Å². The quantitative estimate of drug-likeness (QED) is 0.104. The first-order valence-corrected chi connectivity index (χ1v) is 16.3. The van der Waals surface area contributed by atoms with Crippen molar-refractivity contribution in [3.05, 3.63) is 70.9 Å². The Morgan fingerprint density at radius 1 is 1.20 bits per heavy atom. The van der Waals surface area contributed by atoms with Crippen LogP contribution in [0.15, 0.2) is 75.3 Å².